The summed E-state index contributed by atoms with van der Waals surface area (Å²) in [6.07, 6.45) is 2.23. The molecule has 1 aromatic heterocycles. The minimum absolute atomic E-state index is 0.372. The molecule has 3 N–H and O–H groups in total. The second-order valence-electron chi connectivity index (χ2n) is 4.35. The van der Waals surface area contributed by atoms with Gasteiger partial charge in [-0.25, -0.2) is 4.99 Å². The molecule has 0 spiro atoms. The zero-order valence-corrected chi connectivity index (χ0v) is 10.9. The van der Waals surface area contributed by atoms with Crippen LogP contribution in [0.1, 0.15) is 51.0 Å². The quantitative estimate of drug-likeness (QED) is 0.451. The molecule has 96 valence electrons. The summed E-state index contributed by atoms with van der Waals surface area (Å²) in [6.45, 7) is 7.58. The van der Waals surface area contributed by atoms with E-state index in [1.165, 1.54) is 0 Å². The lowest BCUT2D eigenvalue weighted by molar-refractivity contribution is 0.376. The van der Waals surface area contributed by atoms with Gasteiger partial charge in [0.05, 0.1) is 5.69 Å². The lowest BCUT2D eigenvalue weighted by atomic mass is 10.1. The summed E-state index contributed by atoms with van der Waals surface area (Å²) in [5.41, 5.74) is 6.66. The second-order valence-corrected chi connectivity index (χ2v) is 4.35. The predicted molar refractivity (Wildman–Crippen MR) is 68.8 cm³/mol. The standard InChI is InChI=1S/C12H22N4O/c1-4-5-6-14-12(13)15-8-10-7-11(9(2)3)16-17-10/h7,9H,4-6,8H2,1-3H3,(H3,13,14,15). The van der Waals surface area contributed by atoms with Crippen LogP contribution in [0.2, 0.25) is 0 Å². The minimum atomic E-state index is 0.372. The Bertz CT molecular complexity index is 357. The van der Waals surface area contributed by atoms with E-state index in [4.69, 9.17) is 10.3 Å². The maximum absolute atomic E-state index is 5.71. The molecular formula is C12H22N4O. The maximum Gasteiger partial charge on any atom is 0.189 e. The molecule has 0 saturated heterocycles. The van der Waals surface area contributed by atoms with Gasteiger partial charge in [-0.3, -0.25) is 0 Å². The molecule has 0 aliphatic carbocycles. The van der Waals surface area contributed by atoms with E-state index in [1.807, 2.05) is 6.07 Å². The molecule has 1 heterocycles. The van der Waals surface area contributed by atoms with Crippen molar-refractivity contribution in [1.29, 1.82) is 0 Å². The van der Waals surface area contributed by atoms with Crippen molar-refractivity contribution in [2.75, 3.05) is 6.54 Å². The van der Waals surface area contributed by atoms with Crippen LogP contribution in [-0.4, -0.2) is 17.7 Å². The molecule has 1 aromatic rings. The van der Waals surface area contributed by atoms with Gasteiger partial charge in [-0.15, -0.1) is 0 Å². The van der Waals surface area contributed by atoms with E-state index in [2.05, 4.69) is 36.2 Å². The molecule has 0 aliphatic rings. The maximum atomic E-state index is 5.71. The van der Waals surface area contributed by atoms with Gasteiger partial charge < -0.3 is 15.6 Å². The highest BCUT2D eigenvalue weighted by Gasteiger charge is 2.06. The Labute approximate surface area is 102 Å². The smallest absolute Gasteiger partial charge is 0.189 e. The van der Waals surface area contributed by atoms with E-state index < -0.39 is 0 Å². The summed E-state index contributed by atoms with van der Waals surface area (Å²) in [4.78, 5) is 4.19. The third kappa shape index (κ3) is 4.89. The average molecular weight is 238 g/mol. The molecule has 0 radical (unpaired) electrons. The number of unbranched alkanes of at least 4 members (excludes halogenated alkanes) is 1. The molecule has 1 rings (SSSR count). The van der Waals surface area contributed by atoms with Crippen molar-refractivity contribution in [2.24, 2.45) is 10.7 Å². The predicted octanol–water partition coefficient (Wildman–Crippen LogP) is 2.00. The molecular weight excluding hydrogens is 216 g/mol. The van der Waals surface area contributed by atoms with Crippen molar-refractivity contribution in [3.63, 3.8) is 0 Å². The van der Waals surface area contributed by atoms with Crippen LogP contribution in [0.5, 0.6) is 0 Å². The molecule has 5 nitrogen and oxygen atoms in total. The largest absolute Gasteiger partial charge is 0.370 e. The molecule has 5 heteroatoms. The molecule has 0 fully saturated rings. The number of hydrogen-bond donors (Lipinski definition) is 2. The molecule has 0 bridgehead atoms. The van der Waals surface area contributed by atoms with Crippen LogP contribution >= 0.6 is 0 Å². The third-order valence-electron chi connectivity index (χ3n) is 2.41. The van der Waals surface area contributed by atoms with Crippen molar-refractivity contribution in [2.45, 2.75) is 46.1 Å². The molecule has 0 aromatic carbocycles. The van der Waals surface area contributed by atoms with Gasteiger partial charge in [-0.05, 0) is 12.3 Å². The van der Waals surface area contributed by atoms with Crippen LogP contribution in [0, 0.1) is 0 Å². The molecule has 0 aliphatic heterocycles. The third-order valence-corrected chi connectivity index (χ3v) is 2.41. The van der Waals surface area contributed by atoms with Gasteiger partial charge in [0.25, 0.3) is 0 Å². The van der Waals surface area contributed by atoms with Gasteiger partial charge in [0.1, 0.15) is 6.54 Å². The van der Waals surface area contributed by atoms with Crippen molar-refractivity contribution in [3.8, 4) is 0 Å². The summed E-state index contributed by atoms with van der Waals surface area (Å²) in [5.74, 6) is 1.58. The van der Waals surface area contributed by atoms with E-state index in [1.54, 1.807) is 0 Å². The number of aromatic nitrogens is 1. The highest BCUT2D eigenvalue weighted by atomic mass is 16.5. The first-order valence-corrected chi connectivity index (χ1v) is 6.12. The summed E-state index contributed by atoms with van der Waals surface area (Å²) >= 11 is 0. The fraction of sp³-hybridized carbons (Fsp3) is 0.667. The first kappa shape index (κ1) is 13.5. The van der Waals surface area contributed by atoms with Crippen LogP contribution < -0.4 is 11.1 Å². The summed E-state index contributed by atoms with van der Waals surface area (Å²) in [5, 5.41) is 7.01. The zero-order chi connectivity index (χ0) is 12.7. The van der Waals surface area contributed by atoms with Crippen LogP contribution in [0.3, 0.4) is 0 Å². The molecule has 0 amide bonds. The number of nitrogens with two attached hydrogens (primary N) is 1. The topological polar surface area (TPSA) is 76.4 Å². The number of nitrogens with zero attached hydrogens (tertiary/aromatic N) is 2. The Balaban J connectivity index is 2.39. The number of hydrogen-bond acceptors (Lipinski definition) is 3. The molecule has 17 heavy (non-hydrogen) atoms. The number of nitrogens with one attached hydrogen (secondary N) is 1. The molecule has 0 unspecified atom stereocenters. The van der Waals surface area contributed by atoms with Crippen molar-refractivity contribution in [3.05, 3.63) is 17.5 Å². The van der Waals surface area contributed by atoms with E-state index in [9.17, 15) is 0 Å². The number of aliphatic imine (C=N–C) groups is 1. The summed E-state index contributed by atoms with van der Waals surface area (Å²) in [6, 6.07) is 1.92. The fourth-order valence-corrected chi connectivity index (χ4v) is 1.29. The van der Waals surface area contributed by atoms with Crippen molar-refractivity contribution in [1.82, 2.24) is 10.5 Å². The monoisotopic (exact) mass is 238 g/mol. The normalized spacial score (nSPS) is 12.1. The first-order chi connectivity index (χ1) is 8.13. The Morgan fingerprint density at radius 1 is 1.59 bits per heavy atom. The highest BCUT2D eigenvalue weighted by molar-refractivity contribution is 5.77. The highest BCUT2D eigenvalue weighted by Crippen LogP contribution is 2.14. The summed E-state index contributed by atoms with van der Waals surface area (Å²) in [7, 11) is 0. The van der Waals surface area contributed by atoms with Crippen LogP contribution in [0.15, 0.2) is 15.6 Å². The van der Waals surface area contributed by atoms with Gasteiger partial charge in [-0.1, -0.05) is 32.3 Å². The number of guanidine groups is 1. The zero-order valence-electron chi connectivity index (χ0n) is 10.9. The average Bonchev–Trinajstić information content (AvgIpc) is 2.75. The Morgan fingerprint density at radius 3 is 2.94 bits per heavy atom. The van der Waals surface area contributed by atoms with Crippen LogP contribution in [0.4, 0.5) is 0 Å². The van der Waals surface area contributed by atoms with E-state index in [0.29, 0.717) is 18.4 Å². The van der Waals surface area contributed by atoms with Crippen LogP contribution in [0.25, 0.3) is 0 Å². The molecule has 0 atom stereocenters. The Hall–Kier alpha value is -1.52. The lowest BCUT2D eigenvalue weighted by Crippen LogP contribution is -2.32. The van der Waals surface area contributed by atoms with E-state index >= 15 is 0 Å². The molecule has 0 saturated carbocycles. The minimum Gasteiger partial charge on any atom is -0.370 e. The first-order valence-electron chi connectivity index (χ1n) is 6.12. The van der Waals surface area contributed by atoms with Gasteiger partial charge in [0.15, 0.2) is 11.7 Å². The van der Waals surface area contributed by atoms with Crippen molar-refractivity contribution >= 4 is 5.96 Å². The Kier molecular flexibility index (Phi) is 5.52. The lowest BCUT2D eigenvalue weighted by Gasteiger charge is -2.02. The SMILES string of the molecule is CCCCNC(N)=NCc1cc(C(C)C)no1. The van der Waals surface area contributed by atoms with Gasteiger partial charge in [-0.2, -0.15) is 0 Å². The Morgan fingerprint density at radius 2 is 2.35 bits per heavy atom. The van der Waals surface area contributed by atoms with Crippen molar-refractivity contribution < 1.29 is 4.52 Å². The second kappa shape index (κ2) is 6.93. The van der Waals surface area contributed by atoms with Gasteiger partial charge in [0.2, 0.25) is 0 Å². The van der Waals surface area contributed by atoms with Crippen LogP contribution in [-0.2, 0) is 6.54 Å². The van der Waals surface area contributed by atoms with Gasteiger partial charge >= 0.3 is 0 Å². The number of rotatable bonds is 6. The van der Waals surface area contributed by atoms with Gasteiger partial charge in [0, 0.05) is 12.6 Å². The van der Waals surface area contributed by atoms with E-state index in [-0.39, 0.29) is 0 Å². The summed E-state index contributed by atoms with van der Waals surface area (Å²) < 4.78 is 5.16. The van der Waals surface area contributed by atoms with E-state index in [0.717, 1.165) is 30.8 Å². The fourth-order valence-electron chi connectivity index (χ4n) is 1.29.